The van der Waals surface area contributed by atoms with Gasteiger partial charge in [-0.3, -0.25) is 4.31 Å². The highest BCUT2D eigenvalue weighted by molar-refractivity contribution is 7.93. The summed E-state index contributed by atoms with van der Waals surface area (Å²) in [5, 5.41) is 3.23. The lowest BCUT2D eigenvalue weighted by Gasteiger charge is -2.30. The molecule has 0 spiro atoms. The van der Waals surface area contributed by atoms with Crippen molar-refractivity contribution in [2.75, 3.05) is 36.3 Å². The largest absolute Gasteiger partial charge is 0.324 e. The van der Waals surface area contributed by atoms with E-state index >= 15 is 0 Å². The molecule has 5 rings (SSSR count). The fraction of sp³-hybridized carbons (Fsp3) is 0.280. The molecule has 8 heteroatoms. The zero-order chi connectivity index (χ0) is 23.0. The Bertz CT molecular complexity index is 1280. The van der Waals surface area contributed by atoms with Gasteiger partial charge in [0.05, 0.1) is 24.1 Å². The van der Waals surface area contributed by atoms with Crippen molar-refractivity contribution in [1.29, 1.82) is 0 Å². The van der Waals surface area contributed by atoms with Crippen molar-refractivity contribution in [1.82, 2.24) is 14.9 Å². The molecule has 0 atom stereocenters. The van der Waals surface area contributed by atoms with Gasteiger partial charge in [0.1, 0.15) is 4.90 Å². The van der Waals surface area contributed by atoms with Crippen molar-refractivity contribution in [3.63, 3.8) is 0 Å². The van der Waals surface area contributed by atoms with Gasteiger partial charge in [-0.15, -0.1) is 6.58 Å². The van der Waals surface area contributed by atoms with Gasteiger partial charge in [0.25, 0.3) is 10.0 Å². The zero-order valence-electron chi connectivity index (χ0n) is 18.6. The Balaban J connectivity index is 1.43. The van der Waals surface area contributed by atoms with Gasteiger partial charge in [0.2, 0.25) is 5.95 Å². The van der Waals surface area contributed by atoms with Gasteiger partial charge >= 0.3 is 0 Å². The van der Waals surface area contributed by atoms with Crippen LogP contribution in [-0.2, 0) is 10.0 Å². The van der Waals surface area contributed by atoms with Crippen LogP contribution in [0.25, 0.3) is 11.3 Å². The number of hydrogen-bond donors (Lipinski definition) is 1. The number of likely N-dealkylation sites (tertiary alicyclic amines) is 1. The SMILES string of the molecule is C=CCN1c2ccccc2-c2nc(Nc3ccc(C4CCN(C)CC4)cc3)ncc2S1(=O)=O. The summed E-state index contributed by atoms with van der Waals surface area (Å²) in [4.78, 5) is 11.4. The first-order chi connectivity index (χ1) is 16.0. The molecule has 2 aromatic carbocycles. The van der Waals surface area contributed by atoms with Crippen LogP contribution in [0.4, 0.5) is 17.3 Å². The maximum atomic E-state index is 13.2. The molecule has 7 nitrogen and oxygen atoms in total. The van der Waals surface area contributed by atoms with Gasteiger partial charge in [-0.1, -0.05) is 36.4 Å². The Labute approximate surface area is 194 Å². The molecule has 170 valence electrons. The van der Waals surface area contributed by atoms with Gasteiger partial charge < -0.3 is 10.2 Å². The highest BCUT2D eigenvalue weighted by Crippen LogP contribution is 2.42. The summed E-state index contributed by atoms with van der Waals surface area (Å²) in [5.74, 6) is 0.957. The van der Waals surface area contributed by atoms with Crippen LogP contribution in [0.2, 0.25) is 0 Å². The van der Waals surface area contributed by atoms with Crippen LogP contribution in [0, 0.1) is 0 Å². The molecule has 1 N–H and O–H groups in total. The summed E-state index contributed by atoms with van der Waals surface area (Å²) in [7, 11) is -1.60. The Morgan fingerprint density at radius 2 is 1.85 bits per heavy atom. The fourth-order valence-electron chi connectivity index (χ4n) is 4.58. The molecule has 1 fully saturated rings. The highest BCUT2D eigenvalue weighted by Gasteiger charge is 2.35. The highest BCUT2D eigenvalue weighted by atomic mass is 32.2. The third-order valence-electron chi connectivity index (χ3n) is 6.40. The number of anilines is 3. The Hall–Kier alpha value is -3.23. The summed E-state index contributed by atoms with van der Waals surface area (Å²) in [6.45, 7) is 6.14. The number of sulfonamides is 1. The number of piperidine rings is 1. The van der Waals surface area contributed by atoms with Crippen molar-refractivity contribution in [3.8, 4) is 11.3 Å². The molecule has 3 aromatic rings. The number of benzene rings is 2. The maximum absolute atomic E-state index is 13.2. The topological polar surface area (TPSA) is 78.4 Å². The van der Waals surface area contributed by atoms with E-state index in [9.17, 15) is 8.42 Å². The first kappa shape index (κ1) is 21.6. The van der Waals surface area contributed by atoms with E-state index in [0.717, 1.165) is 24.3 Å². The Morgan fingerprint density at radius 1 is 1.12 bits per heavy atom. The number of fused-ring (bicyclic) bond motifs is 3. The third-order valence-corrected chi connectivity index (χ3v) is 8.18. The van der Waals surface area contributed by atoms with E-state index in [1.54, 1.807) is 12.1 Å². The molecule has 1 aromatic heterocycles. The molecule has 0 radical (unpaired) electrons. The zero-order valence-corrected chi connectivity index (χ0v) is 19.4. The number of para-hydroxylation sites is 1. The molecule has 0 unspecified atom stereocenters. The second-order valence-corrected chi connectivity index (χ2v) is 10.4. The minimum Gasteiger partial charge on any atom is -0.324 e. The molecule has 3 heterocycles. The van der Waals surface area contributed by atoms with Crippen molar-refractivity contribution in [3.05, 3.63) is 72.9 Å². The number of hydrogen-bond acceptors (Lipinski definition) is 6. The predicted octanol–water partition coefficient (Wildman–Crippen LogP) is 4.39. The number of aromatic nitrogens is 2. The minimum atomic E-state index is -3.76. The van der Waals surface area contributed by atoms with Crippen LogP contribution < -0.4 is 9.62 Å². The smallest absolute Gasteiger partial charge is 0.268 e. The van der Waals surface area contributed by atoms with Gasteiger partial charge in [0.15, 0.2) is 0 Å². The van der Waals surface area contributed by atoms with Crippen LogP contribution in [0.5, 0.6) is 0 Å². The number of rotatable bonds is 5. The molecular formula is C25H27N5O2S. The molecule has 2 aliphatic heterocycles. The molecule has 0 aliphatic carbocycles. The molecule has 0 bridgehead atoms. The summed E-state index contributed by atoms with van der Waals surface area (Å²) >= 11 is 0. The van der Waals surface area contributed by atoms with E-state index < -0.39 is 10.0 Å². The van der Waals surface area contributed by atoms with Crippen LogP contribution in [0.1, 0.15) is 24.3 Å². The second-order valence-electron chi connectivity index (χ2n) is 8.57. The van der Waals surface area contributed by atoms with Crippen molar-refractivity contribution < 1.29 is 8.42 Å². The quantitative estimate of drug-likeness (QED) is 0.568. The minimum absolute atomic E-state index is 0.103. The van der Waals surface area contributed by atoms with Crippen LogP contribution in [0.3, 0.4) is 0 Å². The molecule has 1 saturated heterocycles. The fourth-order valence-corrected chi connectivity index (χ4v) is 6.12. The van der Waals surface area contributed by atoms with Crippen LogP contribution in [0.15, 0.2) is 72.3 Å². The molecule has 2 aliphatic rings. The summed E-state index contributed by atoms with van der Waals surface area (Å²) in [6.07, 6.45) is 5.31. The number of nitrogens with one attached hydrogen (secondary N) is 1. The average molecular weight is 462 g/mol. The normalized spacial score (nSPS) is 17.8. The lowest BCUT2D eigenvalue weighted by atomic mass is 9.89. The van der Waals surface area contributed by atoms with Crippen molar-refractivity contribution in [2.45, 2.75) is 23.7 Å². The first-order valence-electron chi connectivity index (χ1n) is 11.1. The molecule has 0 saturated carbocycles. The third kappa shape index (κ3) is 4.00. The van der Waals surface area contributed by atoms with E-state index in [0.29, 0.717) is 23.2 Å². The van der Waals surface area contributed by atoms with E-state index in [-0.39, 0.29) is 11.4 Å². The molecule has 33 heavy (non-hydrogen) atoms. The van der Waals surface area contributed by atoms with Crippen molar-refractivity contribution in [2.24, 2.45) is 0 Å². The second kappa shape index (κ2) is 8.61. The maximum Gasteiger partial charge on any atom is 0.268 e. The monoisotopic (exact) mass is 461 g/mol. The Morgan fingerprint density at radius 3 is 2.58 bits per heavy atom. The van der Waals surface area contributed by atoms with E-state index in [2.05, 4.69) is 45.9 Å². The van der Waals surface area contributed by atoms with Crippen LogP contribution in [-0.4, -0.2) is 50.0 Å². The molecular weight excluding hydrogens is 434 g/mol. The van der Waals surface area contributed by atoms with Gasteiger partial charge in [0, 0.05) is 11.3 Å². The first-order valence-corrected chi connectivity index (χ1v) is 12.6. The lowest BCUT2D eigenvalue weighted by molar-refractivity contribution is 0.255. The lowest BCUT2D eigenvalue weighted by Crippen LogP contribution is -2.35. The molecule has 0 amide bonds. The average Bonchev–Trinajstić information content (AvgIpc) is 2.83. The predicted molar refractivity (Wildman–Crippen MR) is 131 cm³/mol. The van der Waals surface area contributed by atoms with Crippen LogP contribution >= 0.6 is 0 Å². The standard InChI is InChI=1S/C25H27N5O2S/c1-3-14-30-22-7-5-4-6-21(22)24-23(33(30,31)32)17-26-25(28-24)27-20-10-8-18(9-11-20)19-12-15-29(2)16-13-19/h3-11,17,19H,1,12-16H2,2H3,(H,26,27,28). The van der Waals surface area contributed by atoms with E-state index in [4.69, 9.17) is 0 Å². The van der Waals surface area contributed by atoms with Crippen molar-refractivity contribution >= 4 is 27.3 Å². The van der Waals surface area contributed by atoms with E-state index in [1.165, 1.54) is 28.9 Å². The summed E-state index contributed by atoms with van der Waals surface area (Å²) in [6, 6.07) is 15.8. The number of nitrogens with zero attached hydrogens (tertiary/aromatic N) is 4. The summed E-state index contributed by atoms with van der Waals surface area (Å²) in [5.41, 5.74) is 3.98. The van der Waals surface area contributed by atoms with E-state index in [1.807, 2.05) is 30.3 Å². The van der Waals surface area contributed by atoms with Gasteiger partial charge in [-0.05, 0) is 62.7 Å². The Kier molecular flexibility index (Phi) is 5.64. The van der Waals surface area contributed by atoms with Gasteiger partial charge in [-0.25, -0.2) is 18.4 Å². The summed E-state index contributed by atoms with van der Waals surface area (Å²) < 4.78 is 27.8. The van der Waals surface area contributed by atoms with Gasteiger partial charge in [-0.2, -0.15) is 0 Å².